The second-order valence-electron chi connectivity index (χ2n) is 6.05. The highest BCUT2D eigenvalue weighted by atomic mass is 32.2. The molecule has 0 saturated heterocycles. The van der Waals surface area contributed by atoms with Gasteiger partial charge in [0.05, 0.1) is 28.0 Å². The van der Waals surface area contributed by atoms with Crippen molar-refractivity contribution >= 4 is 34.4 Å². The largest absolute Gasteiger partial charge is 0.324 e. The predicted molar refractivity (Wildman–Crippen MR) is 112 cm³/mol. The molecular weight excluding hydrogens is 368 g/mol. The summed E-state index contributed by atoms with van der Waals surface area (Å²) in [5.41, 5.74) is 3.83. The molecule has 1 aromatic heterocycles. The summed E-state index contributed by atoms with van der Waals surface area (Å²) in [5, 5.41) is 12.7. The monoisotopic (exact) mass is 384 g/mol. The molecule has 0 saturated carbocycles. The number of carbonyl (C=O) groups excluding carboxylic acids is 1. The van der Waals surface area contributed by atoms with Crippen molar-refractivity contribution in [2.75, 3.05) is 11.1 Å². The maximum absolute atomic E-state index is 12.4. The predicted octanol–water partition coefficient (Wildman–Crippen LogP) is 4.63. The normalized spacial score (nSPS) is 10.5. The molecule has 0 bridgehead atoms. The van der Waals surface area contributed by atoms with Crippen LogP contribution in [0.4, 0.5) is 5.69 Å². The maximum atomic E-state index is 12.4. The van der Waals surface area contributed by atoms with Crippen molar-refractivity contribution in [3.8, 4) is 11.8 Å². The minimum absolute atomic E-state index is 0.181. The number of thioether (sulfide) groups is 1. The van der Waals surface area contributed by atoms with Crippen molar-refractivity contribution in [1.29, 1.82) is 5.26 Å². The van der Waals surface area contributed by atoms with Crippen LogP contribution in [0.5, 0.6) is 0 Å². The number of hydrogen-bond donors (Lipinski definition) is 1. The quantitative estimate of drug-likeness (QED) is 0.509. The van der Waals surface area contributed by atoms with Crippen molar-refractivity contribution in [2.24, 2.45) is 0 Å². The van der Waals surface area contributed by atoms with Crippen LogP contribution in [0.2, 0.25) is 0 Å². The Morgan fingerprint density at radius 1 is 1.00 bits per heavy atom. The molecule has 0 aliphatic rings. The number of nitriles is 1. The molecule has 0 fully saturated rings. The van der Waals surface area contributed by atoms with Crippen LogP contribution in [0.15, 0.2) is 84.0 Å². The molecule has 6 heteroatoms. The number of rotatable bonds is 5. The molecule has 0 aliphatic heterocycles. The highest BCUT2D eigenvalue weighted by Gasteiger charge is 2.14. The van der Waals surface area contributed by atoms with Crippen LogP contribution in [-0.4, -0.2) is 21.2 Å². The summed E-state index contributed by atoms with van der Waals surface area (Å²) in [5.74, 6) is 0.00925. The SMILES string of the molecule is N#Cc1ccccc1NC(=O)CSc1nc2ccccc2n1-c1ccccc1. The molecule has 0 unspecified atom stereocenters. The molecule has 5 nitrogen and oxygen atoms in total. The van der Waals surface area contributed by atoms with E-state index in [2.05, 4.69) is 16.0 Å². The first-order valence-corrected chi connectivity index (χ1v) is 9.69. The van der Waals surface area contributed by atoms with E-state index in [0.29, 0.717) is 11.3 Å². The number of hydrogen-bond acceptors (Lipinski definition) is 4. The Balaban J connectivity index is 1.58. The summed E-state index contributed by atoms with van der Waals surface area (Å²) in [6.07, 6.45) is 0. The smallest absolute Gasteiger partial charge is 0.234 e. The summed E-state index contributed by atoms with van der Waals surface area (Å²) in [4.78, 5) is 17.1. The van der Waals surface area contributed by atoms with Gasteiger partial charge in [0.2, 0.25) is 5.91 Å². The summed E-state index contributed by atoms with van der Waals surface area (Å²) < 4.78 is 2.05. The number of nitrogens with zero attached hydrogens (tertiary/aromatic N) is 3. The third kappa shape index (κ3) is 3.61. The lowest BCUT2D eigenvalue weighted by atomic mass is 10.2. The topological polar surface area (TPSA) is 70.7 Å². The fraction of sp³-hybridized carbons (Fsp3) is 0.0455. The maximum Gasteiger partial charge on any atom is 0.234 e. The molecule has 4 rings (SSSR count). The third-order valence-electron chi connectivity index (χ3n) is 4.20. The van der Waals surface area contributed by atoms with Gasteiger partial charge in [-0.05, 0) is 36.4 Å². The van der Waals surface area contributed by atoms with Crippen LogP contribution in [0.25, 0.3) is 16.7 Å². The average molecular weight is 384 g/mol. The number of aromatic nitrogens is 2. The van der Waals surface area contributed by atoms with Crippen LogP contribution in [0.1, 0.15) is 5.56 Å². The van der Waals surface area contributed by atoms with Gasteiger partial charge in [-0.15, -0.1) is 0 Å². The van der Waals surface area contributed by atoms with Crippen molar-refractivity contribution < 1.29 is 4.79 Å². The molecule has 0 atom stereocenters. The fourth-order valence-electron chi connectivity index (χ4n) is 2.93. The van der Waals surface area contributed by atoms with Crippen LogP contribution < -0.4 is 5.32 Å². The third-order valence-corrected chi connectivity index (χ3v) is 5.14. The van der Waals surface area contributed by atoms with Crippen LogP contribution in [0.3, 0.4) is 0 Å². The van der Waals surface area contributed by atoms with Gasteiger partial charge in [-0.2, -0.15) is 5.26 Å². The van der Waals surface area contributed by atoms with Crippen molar-refractivity contribution in [1.82, 2.24) is 9.55 Å². The number of amides is 1. The Kier molecular flexibility index (Phi) is 5.09. The molecular formula is C22H16N4OS. The van der Waals surface area contributed by atoms with Gasteiger partial charge in [0.15, 0.2) is 5.16 Å². The van der Waals surface area contributed by atoms with Gasteiger partial charge in [-0.25, -0.2) is 4.98 Å². The summed E-state index contributed by atoms with van der Waals surface area (Å²) in [6.45, 7) is 0. The van der Waals surface area contributed by atoms with E-state index in [-0.39, 0.29) is 11.7 Å². The second kappa shape index (κ2) is 7.99. The molecule has 4 aromatic rings. The molecule has 0 radical (unpaired) electrons. The van der Waals surface area contributed by atoms with E-state index in [4.69, 9.17) is 10.2 Å². The summed E-state index contributed by atoms with van der Waals surface area (Å²) in [6, 6.07) is 26.9. The number of fused-ring (bicyclic) bond motifs is 1. The fourth-order valence-corrected chi connectivity index (χ4v) is 3.76. The van der Waals surface area contributed by atoms with Crippen LogP contribution >= 0.6 is 11.8 Å². The highest BCUT2D eigenvalue weighted by Crippen LogP contribution is 2.28. The lowest BCUT2D eigenvalue weighted by Gasteiger charge is -2.09. The molecule has 1 N–H and O–H groups in total. The second-order valence-corrected chi connectivity index (χ2v) is 6.99. The number of carbonyl (C=O) groups is 1. The zero-order valence-electron chi connectivity index (χ0n) is 14.9. The van der Waals surface area contributed by atoms with E-state index in [9.17, 15) is 4.79 Å². The lowest BCUT2D eigenvalue weighted by Crippen LogP contribution is -2.15. The number of benzene rings is 3. The van der Waals surface area contributed by atoms with E-state index in [1.165, 1.54) is 11.8 Å². The van der Waals surface area contributed by atoms with Crippen molar-refractivity contribution in [3.05, 3.63) is 84.4 Å². The Morgan fingerprint density at radius 3 is 2.54 bits per heavy atom. The van der Waals surface area contributed by atoms with Crippen LogP contribution in [0, 0.1) is 11.3 Å². The number of anilines is 1. The van der Waals surface area contributed by atoms with Crippen molar-refractivity contribution in [3.63, 3.8) is 0 Å². The molecule has 0 spiro atoms. The first kappa shape index (κ1) is 17.8. The van der Waals surface area contributed by atoms with E-state index in [1.54, 1.807) is 24.3 Å². The number of imidazole rings is 1. The molecule has 0 aliphatic carbocycles. The first-order chi connectivity index (χ1) is 13.8. The van der Waals surface area contributed by atoms with E-state index < -0.39 is 0 Å². The minimum atomic E-state index is -0.181. The number of nitrogens with one attached hydrogen (secondary N) is 1. The zero-order valence-corrected chi connectivity index (χ0v) is 15.7. The van der Waals surface area contributed by atoms with E-state index >= 15 is 0 Å². The standard InChI is InChI=1S/C22H16N4OS/c23-14-16-8-4-5-11-18(16)24-21(27)15-28-22-25-19-12-6-7-13-20(19)26(22)17-9-2-1-3-10-17/h1-13H,15H2,(H,24,27). The Labute approximate surface area is 166 Å². The van der Waals surface area contributed by atoms with Gasteiger partial charge in [0.25, 0.3) is 0 Å². The highest BCUT2D eigenvalue weighted by molar-refractivity contribution is 7.99. The van der Waals surface area contributed by atoms with Crippen molar-refractivity contribution in [2.45, 2.75) is 5.16 Å². The molecule has 3 aromatic carbocycles. The Morgan fingerprint density at radius 2 is 1.71 bits per heavy atom. The van der Waals surface area contributed by atoms with E-state index in [1.807, 2.05) is 54.6 Å². The van der Waals surface area contributed by atoms with Gasteiger partial charge in [0.1, 0.15) is 6.07 Å². The van der Waals surface area contributed by atoms with Gasteiger partial charge < -0.3 is 5.32 Å². The van der Waals surface area contributed by atoms with Gasteiger partial charge in [-0.3, -0.25) is 9.36 Å². The Hall–Kier alpha value is -3.56. The van der Waals surface area contributed by atoms with Gasteiger partial charge in [-0.1, -0.05) is 54.2 Å². The molecule has 1 heterocycles. The lowest BCUT2D eigenvalue weighted by molar-refractivity contribution is -0.113. The van der Waals surface area contributed by atoms with E-state index in [0.717, 1.165) is 21.9 Å². The Bertz CT molecular complexity index is 1180. The number of para-hydroxylation sites is 4. The molecule has 136 valence electrons. The minimum Gasteiger partial charge on any atom is -0.324 e. The zero-order chi connectivity index (χ0) is 19.3. The first-order valence-electron chi connectivity index (χ1n) is 8.71. The average Bonchev–Trinajstić information content (AvgIpc) is 3.12. The van der Waals surface area contributed by atoms with Gasteiger partial charge >= 0.3 is 0 Å². The molecule has 28 heavy (non-hydrogen) atoms. The van der Waals surface area contributed by atoms with Gasteiger partial charge in [0, 0.05) is 5.69 Å². The van der Waals surface area contributed by atoms with Crippen LogP contribution in [-0.2, 0) is 4.79 Å². The molecule has 1 amide bonds. The summed E-state index contributed by atoms with van der Waals surface area (Å²) >= 11 is 1.37. The summed E-state index contributed by atoms with van der Waals surface area (Å²) in [7, 11) is 0.